The van der Waals surface area contributed by atoms with E-state index in [1.165, 1.54) is 12.4 Å². The number of hydrogen-bond donors (Lipinski definition) is 1. The number of thiophene rings is 1. The molecule has 0 bridgehead atoms. The van der Waals surface area contributed by atoms with Crippen LogP contribution < -0.4 is 10.6 Å². The Balaban J connectivity index is 1.27. The maximum Gasteiger partial charge on any atom is 0.261 e. The van der Waals surface area contributed by atoms with E-state index in [9.17, 15) is 8.78 Å². The summed E-state index contributed by atoms with van der Waals surface area (Å²) in [7, 11) is 0. The van der Waals surface area contributed by atoms with Crippen LogP contribution in [0.15, 0.2) is 59.6 Å². The van der Waals surface area contributed by atoms with Crippen LogP contribution in [-0.4, -0.2) is 48.8 Å². The van der Waals surface area contributed by atoms with Crippen LogP contribution >= 0.6 is 11.3 Å². The molecule has 5 aromatic heterocycles. The van der Waals surface area contributed by atoms with E-state index in [-0.39, 0.29) is 18.7 Å². The van der Waals surface area contributed by atoms with E-state index < -0.39 is 11.7 Å². The van der Waals surface area contributed by atoms with Gasteiger partial charge in [-0.15, -0.1) is 11.3 Å². The third kappa shape index (κ3) is 3.82. The lowest BCUT2D eigenvalue weighted by Gasteiger charge is -2.16. The summed E-state index contributed by atoms with van der Waals surface area (Å²) < 4.78 is 43.0. The van der Waals surface area contributed by atoms with E-state index >= 15 is 4.39 Å². The first kappa shape index (κ1) is 22.3. The number of H-pyrrole nitrogens is 1. The zero-order chi connectivity index (χ0) is 25.1. The summed E-state index contributed by atoms with van der Waals surface area (Å²) in [6.07, 6.45) is 7.95. The second-order valence-electron chi connectivity index (χ2n) is 9.19. The predicted octanol–water partition coefficient (Wildman–Crippen LogP) is 3.91. The fraction of sp³-hybridized carbons (Fsp3) is 0.192. The molecule has 11 heteroatoms. The van der Waals surface area contributed by atoms with Crippen LogP contribution in [-0.2, 0) is 6.54 Å². The average molecular weight is 518 g/mol. The standard InChI is InChI=1S/C26H18F3N7S/c27-21-20-17(11-32-22(21)15-6-14(7-30-8-15)12-36-4-3-26(28,29)13-36)33-24(20)25-34-18-10-31-9-16(23(18)35-25)19-2-1-5-37-19/h1-2,5-11H,3-4,12-13H2,(H,34,35). The van der Waals surface area contributed by atoms with Crippen molar-refractivity contribution in [3.05, 3.63) is 82.3 Å². The van der Waals surface area contributed by atoms with Crippen LogP contribution in [0.4, 0.5) is 13.2 Å². The summed E-state index contributed by atoms with van der Waals surface area (Å²) in [5.41, 5.74) is 4.10. The highest BCUT2D eigenvalue weighted by Crippen LogP contribution is 2.31. The highest BCUT2D eigenvalue weighted by atomic mass is 32.1. The number of aromatic nitrogens is 5. The first-order valence-electron chi connectivity index (χ1n) is 11.7. The van der Waals surface area contributed by atoms with Crippen molar-refractivity contribution in [2.75, 3.05) is 13.1 Å². The summed E-state index contributed by atoms with van der Waals surface area (Å²) in [5.74, 6) is -2.75. The summed E-state index contributed by atoms with van der Waals surface area (Å²) in [4.78, 5) is 27.9. The van der Waals surface area contributed by atoms with Gasteiger partial charge in [-0.2, -0.15) is 0 Å². The molecule has 0 aromatic carbocycles. The van der Waals surface area contributed by atoms with Crippen molar-refractivity contribution >= 4 is 28.1 Å². The number of likely N-dealkylation sites (tertiary alicyclic amines) is 1. The molecule has 0 unspecified atom stereocenters. The fourth-order valence-electron chi connectivity index (χ4n) is 4.84. The van der Waals surface area contributed by atoms with Gasteiger partial charge in [-0.25, -0.2) is 23.1 Å². The second kappa shape index (κ2) is 8.29. The number of halogens is 3. The summed E-state index contributed by atoms with van der Waals surface area (Å²) in [5, 5.41) is 2.76. The summed E-state index contributed by atoms with van der Waals surface area (Å²) >= 11 is 1.59. The lowest BCUT2D eigenvalue weighted by Crippen LogP contribution is -2.39. The Labute approximate surface area is 212 Å². The van der Waals surface area contributed by atoms with Gasteiger partial charge in [0.2, 0.25) is 0 Å². The lowest BCUT2D eigenvalue weighted by atomic mass is 10.1. The fourth-order valence-corrected chi connectivity index (χ4v) is 5.58. The Morgan fingerprint density at radius 2 is 2.00 bits per heavy atom. The Kier molecular flexibility index (Phi) is 4.98. The van der Waals surface area contributed by atoms with Crippen LogP contribution in [0.25, 0.3) is 38.4 Å². The molecule has 1 N–H and O–H groups in total. The monoisotopic (exact) mass is 517 g/mol. The summed E-state index contributed by atoms with van der Waals surface area (Å²) in [6, 6.07) is 5.71. The van der Waals surface area contributed by atoms with Gasteiger partial charge in [-0.1, -0.05) is 6.07 Å². The SMILES string of the molecule is Fc1c(-c2cncc(CN3CCC(F)(F)C3)c2)ncc2c1=C(c1nc3c(-c4cccs4)cncc3[nH]1)N=2. The largest absolute Gasteiger partial charge is 0.335 e. The molecule has 184 valence electrons. The Bertz CT molecular complexity index is 1800. The van der Waals surface area contributed by atoms with Crippen molar-refractivity contribution < 1.29 is 13.2 Å². The molecule has 5 aromatic rings. The van der Waals surface area contributed by atoms with Gasteiger partial charge in [-0.3, -0.25) is 19.9 Å². The number of pyridine rings is 3. The van der Waals surface area contributed by atoms with Crippen LogP contribution in [0.3, 0.4) is 0 Å². The first-order valence-corrected chi connectivity index (χ1v) is 12.5. The molecule has 7 nitrogen and oxygen atoms in total. The molecule has 0 saturated carbocycles. The van der Waals surface area contributed by atoms with Gasteiger partial charge in [0.05, 0.1) is 35.0 Å². The van der Waals surface area contributed by atoms with Crippen molar-refractivity contribution in [2.24, 2.45) is 4.99 Å². The number of rotatable bonds is 5. The molecule has 7 heterocycles. The molecule has 0 atom stereocenters. The van der Waals surface area contributed by atoms with E-state index in [1.54, 1.807) is 40.9 Å². The molecule has 0 amide bonds. The second-order valence-corrected chi connectivity index (χ2v) is 10.1. The number of aromatic amines is 1. The quantitative estimate of drug-likeness (QED) is 0.382. The highest BCUT2D eigenvalue weighted by molar-refractivity contribution is 7.13. The third-order valence-corrected chi connectivity index (χ3v) is 7.50. The number of nitrogens with one attached hydrogen (secondary N) is 1. The van der Waals surface area contributed by atoms with Gasteiger partial charge < -0.3 is 4.98 Å². The number of nitrogens with zero attached hydrogens (tertiary/aromatic N) is 6. The minimum Gasteiger partial charge on any atom is -0.335 e. The molecule has 37 heavy (non-hydrogen) atoms. The maximum absolute atomic E-state index is 15.8. The van der Waals surface area contributed by atoms with Gasteiger partial charge in [0.15, 0.2) is 11.6 Å². The molecule has 0 aliphatic carbocycles. The van der Waals surface area contributed by atoms with E-state index in [0.717, 1.165) is 27.0 Å². The van der Waals surface area contributed by atoms with Gasteiger partial charge in [-0.05, 0) is 23.1 Å². The molecular weight excluding hydrogens is 499 g/mol. The smallest absolute Gasteiger partial charge is 0.261 e. The molecule has 0 radical (unpaired) electrons. The zero-order valence-corrected chi connectivity index (χ0v) is 20.1. The normalized spacial score (nSPS) is 16.6. The Hall–Kier alpha value is -3.96. The molecule has 1 saturated heterocycles. The van der Waals surface area contributed by atoms with Crippen molar-refractivity contribution in [3.63, 3.8) is 0 Å². The minimum atomic E-state index is -2.67. The minimum absolute atomic E-state index is 0.129. The van der Waals surface area contributed by atoms with Crippen molar-refractivity contribution in [3.8, 4) is 21.7 Å². The number of hydrogen-bond acceptors (Lipinski definition) is 7. The average Bonchev–Trinajstić information content (AvgIpc) is 3.60. The van der Waals surface area contributed by atoms with Gasteiger partial charge in [0, 0.05) is 54.1 Å². The topological polar surface area (TPSA) is 83.0 Å². The Morgan fingerprint density at radius 1 is 1.11 bits per heavy atom. The first-order chi connectivity index (χ1) is 17.9. The van der Waals surface area contributed by atoms with Crippen molar-refractivity contribution in [1.82, 2.24) is 29.8 Å². The Morgan fingerprint density at radius 3 is 2.81 bits per heavy atom. The van der Waals surface area contributed by atoms with E-state index in [2.05, 4.69) is 24.9 Å². The lowest BCUT2D eigenvalue weighted by molar-refractivity contribution is 0.0115. The third-order valence-electron chi connectivity index (χ3n) is 6.60. The molecule has 2 aliphatic rings. The molecule has 7 rings (SSSR count). The highest BCUT2D eigenvalue weighted by Gasteiger charge is 2.38. The van der Waals surface area contributed by atoms with Crippen molar-refractivity contribution in [1.29, 1.82) is 0 Å². The zero-order valence-electron chi connectivity index (χ0n) is 19.3. The van der Waals surface area contributed by atoms with Gasteiger partial charge in [0.1, 0.15) is 16.9 Å². The van der Waals surface area contributed by atoms with Crippen molar-refractivity contribution in [2.45, 2.75) is 18.9 Å². The van der Waals surface area contributed by atoms with E-state index in [1.807, 2.05) is 17.5 Å². The van der Waals surface area contributed by atoms with E-state index in [0.29, 0.717) is 40.8 Å². The van der Waals surface area contributed by atoms with Crippen LogP contribution in [0.5, 0.6) is 0 Å². The molecule has 0 spiro atoms. The molecule has 2 aliphatic heterocycles. The number of alkyl halides is 2. The number of fused-ring (bicyclic) bond motifs is 2. The number of imidazole rings is 1. The molecule has 1 fully saturated rings. The van der Waals surface area contributed by atoms with Crippen LogP contribution in [0.2, 0.25) is 0 Å². The predicted molar refractivity (Wildman–Crippen MR) is 133 cm³/mol. The van der Waals surface area contributed by atoms with E-state index in [4.69, 9.17) is 4.98 Å². The van der Waals surface area contributed by atoms with Gasteiger partial charge >= 0.3 is 0 Å². The van der Waals surface area contributed by atoms with Crippen LogP contribution in [0.1, 0.15) is 17.8 Å². The summed E-state index contributed by atoms with van der Waals surface area (Å²) in [6.45, 7) is 0.336. The van der Waals surface area contributed by atoms with Gasteiger partial charge in [0.25, 0.3) is 5.92 Å². The maximum atomic E-state index is 15.8. The molecular formula is C26H18F3N7S. The van der Waals surface area contributed by atoms with Crippen LogP contribution in [0, 0.1) is 5.82 Å².